The molecule has 2 rings (SSSR count). The zero-order chi connectivity index (χ0) is 12.3. The summed E-state index contributed by atoms with van der Waals surface area (Å²) < 4.78 is 7.32. The predicted octanol–water partition coefficient (Wildman–Crippen LogP) is 1.13. The van der Waals surface area contributed by atoms with Crippen molar-refractivity contribution >= 4 is 5.95 Å². The average molecular weight is 238 g/mol. The Kier molecular flexibility index (Phi) is 4.02. The average Bonchev–Trinajstić information content (AvgIpc) is 2.85. The first-order valence-corrected chi connectivity index (χ1v) is 6.17. The van der Waals surface area contributed by atoms with Crippen LogP contribution in [0, 0.1) is 6.92 Å². The van der Waals surface area contributed by atoms with Crippen molar-refractivity contribution in [2.45, 2.75) is 19.4 Å². The van der Waals surface area contributed by atoms with Crippen molar-refractivity contribution in [3.05, 3.63) is 11.9 Å². The molecule has 1 unspecified atom stereocenters. The van der Waals surface area contributed by atoms with E-state index in [4.69, 9.17) is 4.74 Å². The number of hydrogen-bond acceptors (Lipinski definition) is 4. The zero-order valence-electron chi connectivity index (χ0n) is 10.9. The zero-order valence-corrected chi connectivity index (χ0v) is 10.9. The van der Waals surface area contributed by atoms with Gasteiger partial charge in [-0.3, -0.25) is 0 Å². The summed E-state index contributed by atoms with van der Waals surface area (Å²) in [6.07, 6.45) is 3.34. The Labute approximate surface area is 103 Å². The van der Waals surface area contributed by atoms with Gasteiger partial charge in [-0.1, -0.05) is 0 Å². The van der Waals surface area contributed by atoms with Crippen molar-refractivity contribution in [3.8, 4) is 0 Å². The van der Waals surface area contributed by atoms with Crippen LogP contribution in [-0.2, 0) is 4.74 Å². The molecule has 1 atom stereocenters. The first kappa shape index (κ1) is 12.4. The number of likely N-dealkylation sites (tertiary alicyclic amines) is 1. The van der Waals surface area contributed by atoms with Gasteiger partial charge in [0.2, 0.25) is 5.95 Å². The lowest BCUT2D eigenvalue weighted by atomic mass is 10.2. The minimum Gasteiger partial charge on any atom is -0.383 e. The number of aromatic nitrogens is 2. The van der Waals surface area contributed by atoms with Gasteiger partial charge in [0, 0.05) is 26.4 Å². The number of nitrogens with one attached hydrogen (secondary N) is 1. The third-order valence-corrected chi connectivity index (χ3v) is 3.20. The van der Waals surface area contributed by atoms with Gasteiger partial charge >= 0.3 is 0 Å². The maximum absolute atomic E-state index is 5.05. The maximum Gasteiger partial charge on any atom is 0.203 e. The molecule has 5 heteroatoms. The summed E-state index contributed by atoms with van der Waals surface area (Å²) in [7, 11) is 3.88. The number of rotatable bonds is 5. The number of imidazole rings is 1. The Hall–Kier alpha value is -1.07. The van der Waals surface area contributed by atoms with E-state index in [1.165, 1.54) is 13.0 Å². The van der Waals surface area contributed by atoms with Gasteiger partial charge in [0.25, 0.3) is 0 Å². The molecule has 17 heavy (non-hydrogen) atoms. The van der Waals surface area contributed by atoms with Crippen molar-refractivity contribution in [3.63, 3.8) is 0 Å². The second kappa shape index (κ2) is 5.51. The summed E-state index contributed by atoms with van der Waals surface area (Å²) in [5.41, 5.74) is 1.07. The lowest BCUT2D eigenvalue weighted by Crippen LogP contribution is -2.18. The number of aryl methyl sites for hydroxylation is 1. The molecule has 5 nitrogen and oxygen atoms in total. The number of ether oxygens (including phenoxy) is 1. The molecule has 1 fully saturated rings. The van der Waals surface area contributed by atoms with Crippen molar-refractivity contribution in [1.82, 2.24) is 14.5 Å². The van der Waals surface area contributed by atoms with Gasteiger partial charge in [0.05, 0.1) is 18.3 Å². The van der Waals surface area contributed by atoms with E-state index in [2.05, 4.69) is 33.0 Å². The number of nitrogens with zero attached hydrogens (tertiary/aromatic N) is 3. The highest BCUT2D eigenvalue weighted by molar-refractivity contribution is 5.29. The fourth-order valence-electron chi connectivity index (χ4n) is 2.33. The van der Waals surface area contributed by atoms with Crippen LogP contribution < -0.4 is 5.32 Å². The third kappa shape index (κ3) is 2.98. The molecule has 1 N–H and O–H groups in total. The van der Waals surface area contributed by atoms with Crippen molar-refractivity contribution in [1.29, 1.82) is 0 Å². The van der Waals surface area contributed by atoms with Crippen LogP contribution in [0.25, 0.3) is 0 Å². The molecule has 1 aromatic heterocycles. The highest BCUT2D eigenvalue weighted by Crippen LogP contribution is 2.24. The summed E-state index contributed by atoms with van der Waals surface area (Å²) in [6, 6.07) is 0.547. The SMILES string of the molecule is COCCNc1nc(C)cn1C1CCN(C)C1. The lowest BCUT2D eigenvalue weighted by Gasteiger charge is -2.16. The van der Waals surface area contributed by atoms with Crippen LogP contribution in [0.2, 0.25) is 0 Å². The van der Waals surface area contributed by atoms with Crippen LogP contribution in [0.15, 0.2) is 6.20 Å². The summed E-state index contributed by atoms with van der Waals surface area (Å²) in [4.78, 5) is 6.89. The van der Waals surface area contributed by atoms with Crippen LogP contribution in [0.5, 0.6) is 0 Å². The number of hydrogen-bond donors (Lipinski definition) is 1. The monoisotopic (exact) mass is 238 g/mol. The molecular weight excluding hydrogens is 216 g/mol. The number of anilines is 1. The Morgan fingerprint density at radius 3 is 3.06 bits per heavy atom. The van der Waals surface area contributed by atoms with Crippen LogP contribution in [-0.4, -0.2) is 54.8 Å². The highest BCUT2D eigenvalue weighted by atomic mass is 16.5. The van der Waals surface area contributed by atoms with E-state index in [9.17, 15) is 0 Å². The molecule has 0 saturated carbocycles. The van der Waals surface area contributed by atoms with Gasteiger partial charge in [0.1, 0.15) is 0 Å². The smallest absolute Gasteiger partial charge is 0.203 e. The fraction of sp³-hybridized carbons (Fsp3) is 0.750. The molecular formula is C12H22N4O. The van der Waals surface area contributed by atoms with E-state index in [1.54, 1.807) is 7.11 Å². The summed E-state index contributed by atoms with van der Waals surface area (Å²) in [5, 5.41) is 3.34. The van der Waals surface area contributed by atoms with Crippen molar-refractivity contribution in [2.75, 3.05) is 45.7 Å². The quantitative estimate of drug-likeness (QED) is 0.781. The molecule has 1 aliphatic rings. The van der Waals surface area contributed by atoms with E-state index in [0.29, 0.717) is 12.6 Å². The van der Waals surface area contributed by atoms with Crippen LogP contribution >= 0.6 is 0 Å². The topological polar surface area (TPSA) is 42.3 Å². The molecule has 0 spiro atoms. The van der Waals surface area contributed by atoms with E-state index in [-0.39, 0.29) is 0 Å². The summed E-state index contributed by atoms with van der Waals surface area (Å²) >= 11 is 0. The molecule has 0 radical (unpaired) electrons. The molecule has 1 aliphatic heterocycles. The van der Waals surface area contributed by atoms with Gasteiger partial charge in [-0.25, -0.2) is 4.98 Å². The van der Waals surface area contributed by atoms with Gasteiger partial charge in [-0.05, 0) is 26.9 Å². The fourth-order valence-corrected chi connectivity index (χ4v) is 2.33. The summed E-state index contributed by atoms with van der Waals surface area (Å²) in [6.45, 7) is 5.82. The molecule has 0 aromatic carbocycles. The first-order chi connectivity index (χ1) is 8.20. The Morgan fingerprint density at radius 1 is 1.59 bits per heavy atom. The van der Waals surface area contributed by atoms with E-state index >= 15 is 0 Å². The van der Waals surface area contributed by atoms with Crippen molar-refractivity contribution < 1.29 is 4.74 Å². The van der Waals surface area contributed by atoms with Gasteiger partial charge < -0.3 is 19.5 Å². The molecule has 0 aliphatic carbocycles. The predicted molar refractivity (Wildman–Crippen MR) is 68.5 cm³/mol. The standard InChI is InChI=1S/C12H22N4O/c1-10-8-16(11-4-6-15(2)9-11)12(14-10)13-5-7-17-3/h8,11H,4-7,9H2,1-3H3,(H,13,14). The molecule has 1 saturated heterocycles. The Balaban J connectivity index is 2.04. The second-order valence-electron chi connectivity index (χ2n) is 4.74. The molecule has 1 aromatic rings. The minimum atomic E-state index is 0.547. The number of methoxy groups -OCH3 is 1. The highest BCUT2D eigenvalue weighted by Gasteiger charge is 2.23. The van der Waals surface area contributed by atoms with E-state index < -0.39 is 0 Å². The summed E-state index contributed by atoms with van der Waals surface area (Å²) in [5.74, 6) is 0.972. The largest absolute Gasteiger partial charge is 0.383 e. The van der Waals surface area contributed by atoms with Gasteiger partial charge in [-0.15, -0.1) is 0 Å². The van der Waals surface area contributed by atoms with Crippen LogP contribution in [0.4, 0.5) is 5.95 Å². The second-order valence-corrected chi connectivity index (χ2v) is 4.74. The Morgan fingerprint density at radius 2 is 2.41 bits per heavy atom. The molecule has 0 bridgehead atoms. The number of likely N-dealkylation sites (N-methyl/N-ethyl adjacent to an activating group) is 1. The lowest BCUT2D eigenvalue weighted by molar-refractivity contribution is 0.210. The van der Waals surface area contributed by atoms with Crippen molar-refractivity contribution in [2.24, 2.45) is 0 Å². The van der Waals surface area contributed by atoms with Gasteiger partial charge in [0.15, 0.2) is 0 Å². The Bertz CT molecular complexity index is 363. The molecule has 2 heterocycles. The van der Waals surface area contributed by atoms with E-state index in [0.717, 1.165) is 24.7 Å². The maximum atomic E-state index is 5.05. The van der Waals surface area contributed by atoms with Gasteiger partial charge in [-0.2, -0.15) is 0 Å². The third-order valence-electron chi connectivity index (χ3n) is 3.20. The van der Waals surface area contributed by atoms with Crippen LogP contribution in [0.1, 0.15) is 18.2 Å². The normalized spacial score (nSPS) is 21.0. The minimum absolute atomic E-state index is 0.547. The molecule has 96 valence electrons. The molecule has 0 amide bonds. The van der Waals surface area contributed by atoms with E-state index in [1.807, 2.05) is 6.92 Å². The first-order valence-electron chi connectivity index (χ1n) is 6.17. The van der Waals surface area contributed by atoms with Crippen LogP contribution in [0.3, 0.4) is 0 Å².